The first kappa shape index (κ1) is 21.8. The van der Waals surface area contributed by atoms with Gasteiger partial charge in [-0.15, -0.1) is 0 Å². The van der Waals surface area contributed by atoms with E-state index in [1.54, 1.807) is 31.2 Å². The molecule has 4 N–H and O–H groups in total. The second-order valence-corrected chi connectivity index (χ2v) is 6.56. The van der Waals surface area contributed by atoms with E-state index in [-0.39, 0.29) is 23.2 Å². The number of ether oxygens (including phenoxy) is 1. The van der Waals surface area contributed by atoms with Gasteiger partial charge in [0.1, 0.15) is 25.4 Å². The van der Waals surface area contributed by atoms with Crippen molar-refractivity contribution in [3.63, 3.8) is 0 Å². The number of amides is 1. The van der Waals surface area contributed by atoms with Crippen LogP contribution in [0.15, 0.2) is 24.3 Å². The minimum absolute atomic E-state index is 0.0487. The number of benzene rings is 1. The second kappa shape index (κ2) is 10.2. The summed E-state index contributed by atoms with van der Waals surface area (Å²) in [5.41, 5.74) is 6.70. The maximum atomic E-state index is 12.8. The third-order valence-corrected chi connectivity index (χ3v) is 3.88. The van der Waals surface area contributed by atoms with Crippen molar-refractivity contribution < 1.29 is 13.9 Å². The number of likely N-dealkylation sites (N-methyl/N-ethyl adjacent to an activating group) is 1. The first-order chi connectivity index (χ1) is 13.8. The van der Waals surface area contributed by atoms with Gasteiger partial charge in [0.25, 0.3) is 0 Å². The number of nitrogen functional groups attached to an aromatic ring is 1. The summed E-state index contributed by atoms with van der Waals surface area (Å²) in [6.45, 7) is 1.90. The van der Waals surface area contributed by atoms with Crippen LogP contribution in [0.1, 0.15) is 18.1 Å². The Morgan fingerprint density at radius 1 is 1.41 bits per heavy atom. The highest BCUT2D eigenvalue weighted by atomic mass is 19.1. The number of nitrogens with zero attached hydrogens (tertiary/aromatic N) is 4. The van der Waals surface area contributed by atoms with Crippen LogP contribution in [0, 0.1) is 11.3 Å². The summed E-state index contributed by atoms with van der Waals surface area (Å²) in [7, 11) is 3.78. The number of anilines is 3. The summed E-state index contributed by atoms with van der Waals surface area (Å²) >= 11 is 0. The van der Waals surface area contributed by atoms with Gasteiger partial charge in [-0.3, -0.25) is 4.79 Å². The van der Waals surface area contributed by atoms with Gasteiger partial charge in [0.2, 0.25) is 17.7 Å². The molecular formula is C19H24FN7O2. The number of rotatable bonds is 9. The fraction of sp³-hybridized carbons (Fsp3) is 0.368. The molecule has 1 amide bonds. The molecule has 1 aromatic heterocycles. The zero-order valence-corrected chi connectivity index (χ0v) is 16.6. The number of alkyl halides is 1. The fourth-order valence-corrected chi connectivity index (χ4v) is 2.34. The Kier molecular flexibility index (Phi) is 7.68. The Morgan fingerprint density at radius 2 is 2.17 bits per heavy atom. The van der Waals surface area contributed by atoms with E-state index in [4.69, 9.17) is 10.5 Å². The maximum absolute atomic E-state index is 12.8. The quantitative estimate of drug-likeness (QED) is 0.580. The molecule has 0 fully saturated rings. The Morgan fingerprint density at radius 3 is 2.83 bits per heavy atom. The highest BCUT2D eigenvalue weighted by Gasteiger charge is 2.20. The predicted octanol–water partition coefficient (Wildman–Crippen LogP) is 1.78. The van der Waals surface area contributed by atoms with E-state index in [1.807, 2.05) is 25.1 Å². The van der Waals surface area contributed by atoms with Crippen LogP contribution in [-0.2, 0) is 11.5 Å². The summed E-state index contributed by atoms with van der Waals surface area (Å²) in [6.07, 6.45) is 0. The van der Waals surface area contributed by atoms with Crippen molar-refractivity contribution >= 4 is 23.4 Å². The number of nitrogens with one attached hydrogen (secondary N) is 2. The van der Waals surface area contributed by atoms with Crippen LogP contribution in [-0.4, -0.2) is 54.1 Å². The van der Waals surface area contributed by atoms with E-state index in [0.717, 1.165) is 0 Å². The number of nitriles is 1. The van der Waals surface area contributed by atoms with Crippen molar-refractivity contribution in [2.45, 2.75) is 19.6 Å². The van der Waals surface area contributed by atoms with E-state index < -0.39 is 18.6 Å². The SMILES string of the molecule is C[C@H](Nc1nc(N)nc(OCCN(C)C)c1C#N)C(=O)Nc1cccc(CF)c1. The summed E-state index contributed by atoms with van der Waals surface area (Å²) in [6, 6.07) is 7.70. The van der Waals surface area contributed by atoms with Crippen molar-refractivity contribution in [2.75, 3.05) is 43.6 Å². The second-order valence-electron chi connectivity index (χ2n) is 6.56. The molecule has 0 bridgehead atoms. The standard InChI is InChI=1S/C19H24FN7O2/c1-12(17(28)24-14-6-4-5-13(9-14)10-20)23-16-15(11-21)18(26-19(22)25-16)29-8-7-27(2)3/h4-6,9,12H,7-8,10H2,1-3H3,(H,24,28)(H3,22,23,25,26)/t12-/m0/s1. The summed E-state index contributed by atoms with van der Waals surface area (Å²) in [4.78, 5) is 22.4. The van der Waals surface area contributed by atoms with Crippen molar-refractivity contribution in [3.05, 3.63) is 35.4 Å². The minimum Gasteiger partial charge on any atom is -0.475 e. The molecule has 0 saturated heterocycles. The lowest BCUT2D eigenvalue weighted by Gasteiger charge is -2.17. The molecule has 1 heterocycles. The van der Waals surface area contributed by atoms with Gasteiger partial charge in [0.05, 0.1) is 0 Å². The number of nitrogens with two attached hydrogens (primary N) is 1. The van der Waals surface area contributed by atoms with Gasteiger partial charge in [-0.05, 0) is 38.7 Å². The Labute approximate surface area is 168 Å². The normalized spacial score (nSPS) is 11.6. The highest BCUT2D eigenvalue weighted by molar-refractivity contribution is 5.96. The van der Waals surface area contributed by atoms with Gasteiger partial charge < -0.3 is 26.0 Å². The molecule has 154 valence electrons. The third-order valence-electron chi connectivity index (χ3n) is 3.88. The van der Waals surface area contributed by atoms with Crippen LogP contribution in [0.25, 0.3) is 0 Å². The first-order valence-corrected chi connectivity index (χ1v) is 8.91. The smallest absolute Gasteiger partial charge is 0.246 e. The average molecular weight is 401 g/mol. The van der Waals surface area contributed by atoms with Gasteiger partial charge in [0, 0.05) is 12.2 Å². The number of hydrogen-bond donors (Lipinski definition) is 3. The van der Waals surface area contributed by atoms with Crippen molar-refractivity contribution in [1.82, 2.24) is 14.9 Å². The molecule has 1 atom stereocenters. The molecule has 0 radical (unpaired) electrons. The van der Waals surface area contributed by atoms with Crippen molar-refractivity contribution in [3.8, 4) is 11.9 Å². The zero-order chi connectivity index (χ0) is 21.4. The molecule has 29 heavy (non-hydrogen) atoms. The maximum Gasteiger partial charge on any atom is 0.246 e. The monoisotopic (exact) mass is 401 g/mol. The molecule has 0 spiro atoms. The van der Waals surface area contributed by atoms with E-state index in [1.165, 1.54) is 0 Å². The van der Waals surface area contributed by atoms with E-state index in [2.05, 4.69) is 20.6 Å². The Bertz CT molecular complexity index is 899. The molecule has 0 aliphatic carbocycles. The number of hydrogen-bond acceptors (Lipinski definition) is 8. The average Bonchev–Trinajstić information content (AvgIpc) is 2.67. The van der Waals surface area contributed by atoms with Gasteiger partial charge >= 0.3 is 0 Å². The lowest BCUT2D eigenvalue weighted by Crippen LogP contribution is -2.32. The third kappa shape index (κ3) is 6.29. The van der Waals surface area contributed by atoms with E-state index in [9.17, 15) is 14.4 Å². The molecule has 0 aliphatic heterocycles. The van der Waals surface area contributed by atoms with Gasteiger partial charge in [-0.25, -0.2) is 4.39 Å². The fourth-order valence-electron chi connectivity index (χ4n) is 2.34. The first-order valence-electron chi connectivity index (χ1n) is 8.91. The van der Waals surface area contributed by atoms with Crippen LogP contribution in [0.4, 0.5) is 21.8 Å². The largest absolute Gasteiger partial charge is 0.475 e. The molecular weight excluding hydrogens is 377 g/mol. The van der Waals surface area contributed by atoms with Crippen LogP contribution in [0.5, 0.6) is 5.88 Å². The molecule has 1 aromatic carbocycles. The van der Waals surface area contributed by atoms with Gasteiger partial charge in [0.15, 0.2) is 11.4 Å². The van der Waals surface area contributed by atoms with Crippen LogP contribution in [0.2, 0.25) is 0 Å². The lowest BCUT2D eigenvalue weighted by atomic mass is 10.2. The van der Waals surface area contributed by atoms with Crippen LogP contribution < -0.4 is 21.1 Å². The van der Waals surface area contributed by atoms with Crippen LogP contribution in [0.3, 0.4) is 0 Å². The topological polar surface area (TPSA) is 129 Å². The lowest BCUT2D eigenvalue weighted by molar-refractivity contribution is -0.116. The van der Waals surface area contributed by atoms with Crippen LogP contribution >= 0.6 is 0 Å². The highest BCUT2D eigenvalue weighted by Crippen LogP contribution is 2.24. The summed E-state index contributed by atoms with van der Waals surface area (Å²) in [5.74, 6) is -0.334. The number of aromatic nitrogens is 2. The summed E-state index contributed by atoms with van der Waals surface area (Å²) < 4.78 is 18.3. The molecule has 2 aromatic rings. The molecule has 0 aliphatic rings. The van der Waals surface area contributed by atoms with E-state index >= 15 is 0 Å². The number of carbonyl (C=O) groups is 1. The minimum atomic E-state index is -0.764. The molecule has 2 rings (SSSR count). The van der Waals surface area contributed by atoms with Crippen molar-refractivity contribution in [2.24, 2.45) is 0 Å². The van der Waals surface area contributed by atoms with Gasteiger partial charge in [-0.1, -0.05) is 12.1 Å². The molecule has 10 heteroatoms. The molecule has 0 saturated carbocycles. The van der Waals surface area contributed by atoms with Crippen molar-refractivity contribution in [1.29, 1.82) is 5.26 Å². The number of carbonyl (C=O) groups excluding carboxylic acids is 1. The molecule has 0 unspecified atom stereocenters. The number of halogens is 1. The van der Waals surface area contributed by atoms with Gasteiger partial charge in [-0.2, -0.15) is 15.2 Å². The summed E-state index contributed by atoms with van der Waals surface area (Å²) in [5, 5.41) is 15.1. The van der Waals surface area contributed by atoms with E-state index in [0.29, 0.717) is 24.4 Å². The zero-order valence-electron chi connectivity index (χ0n) is 16.6. The molecule has 9 nitrogen and oxygen atoms in total. The predicted molar refractivity (Wildman–Crippen MR) is 108 cm³/mol. The Balaban J connectivity index is 2.13. The Hall–Kier alpha value is -3.45.